The number of ether oxygens (including phenoxy) is 2. The predicted molar refractivity (Wildman–Crippen MR) is 166 cm³/mol. The van der Waals surface area contributed by atoms with Crippen molar-refractivity contribution in [1.29, 1.82) is 0 Å². The van der Waals surface area contributed by atoms with Crippen LogP contribution in [0.5, 0.6) is 11.5 Å². The van der Waals surface area contributed by atoms with Crippen molar-refractivity contribution >= 4 is 63.7 Å². The number of hydrogen-bond acceptors (Lipinski definition) is 2. The summed E-state index contributed by atoms with van der Waals surface area (Å²) in [6.07, 6.45) is 7.53. The molecule has 0 aliphatic heterocycles. The molecule has 0 aliphatic carbocycles. The Hall–Kier alpha value is -1.34. The summed E-state index contributed by atoms with van der Waals surface area (Å²) >= 11 is 15.1. The van der Waals surface area contributed by atoms with Gasteiger partial charge in [0, 0.05) is 5.41 Å². The Bertz CT molecular complexity index is 1070. The molecule has 2 nitrogen and oxygen atoms in total. The summed E-state index contributed by atoms with van der Waals surface area (Å²) in [7, 11) is 0. The highest BCUT2D eigenvalue weighted by molar-refractivity contribution is 9.11. The Morgan fingerprint density at radius 3 is 1.42 bits per heavy atom. The maximum Gasteiger partial charge on any atom is 0.147 e. The predicted octanol–water partition coefficient (Wildman–Crippen LogP) is 10.8. The monoisotopic (exact) mass is 738 g/mol. The second-order valence-electron chi connectivity index (χ2n) is 8.59. The van der Waals surface area contributed by atoms with Crippen LogP contribution in [0.1, 0.15) is 49.3 Å². The Labute approximate surface area is 248 Å². The number of unbranched alkanes of at least 4 members (excludes halogenated alkanes) is 2. The standard InChI is InChI=1S/C30H30Br4O2/c1-4-6-11-15-35-28-24(31)17-22(18-25(28)32)30(3,21-13-9-8-10-14-21)23-19-26(33)29(27(34)20-23)36-16-12-7-5-2/h4-5,8-10,13-14,17-20H,1-2,6-7,11-12,15-16H2,3H3. The van der Waals surface area contributed by atoms with E-state index in [-0.39, 0.29) is 0 Å². The molecule has 0 heterocycles. The average Bonchev–Trinajstić information content (AvgIpc) is 2.86. The minimum absolute atomic E-state index is 0.444. The molecule has 0 N–H and O–H groups in total. The molecule has 3 rings (SSSR count). The molecule has 36 heavy (non-hydrogen) atoms. The van der Waals surface area contributed by atoms with Gasteiger partial charge in [-0.05, 0) is 137 Å². The highest BCUT2D eigenvalue weighted by Crippen LogP contribution is 2.47. The fraction of sp³-hybridized carbons (Fsp3) is 0.267. The first-order valence-corrected chi connectivity index (χ1v) is 15.0. The van der Waals surface area contributed by atoms with Crippen LogP contribution in [0, 0.1) is 0 Å². The zero-order chi connectivity index (χ0) is 26.1. The van der Waals surface area contributed by atoms with Crippen molar-refractivity contribution in [3.63, 3.8) is 0 Å². The van der Waals surface area contributed by atoms with Crippen molar-refractivity contribution < 1.29 is 9.47 Å². The zero-order valence-corrected chi connectivity index (χ0v) is 26.7. The SMILES string of the molecule is C=CCCCOc1c(Br)cc(C(C)(c2ccccc2)c2cc(Br)c(OCCCC=C)c(Br)c2)cc1Br. The van der Waals surface area contributed by atoms with Crippen LogP contribution in [0.2, 0.25) is 0 Å². The molecule has 3 aromatic rings. The number of allylic oxidation sites excluding steroid dienone is 2. The van der Waals surface area contributed by atoms with E-state index in [1.807, 2.05) is 18.2 Å². The zero-order valence-electron chi connectivity index (χ0n) is 20.3. The van der Waals surface area contributed by atoms with Crippen molar-refractivity contribution in [2.75, 3.05) is 13.2 Å². The van der Waals surface area contributed by atoms with Crippen molar-refractivity contribution in [2.24, 2.45) is 0 Å². The third-order valence-corrected chi connectivity index (χ3v) is 8.46. The summed E-state index contributed by atoms with van der Waals surface area (Å²) in [4.78, 5) is 0. The third kappa shape index (κ3) is 6.94. The Balaban J connectivity index is 2.06. The molecule has 0 spiro atoms. The van der Waals surface area contributed by atoms with Crippen LogP contribution >= 0.6 is 63.7 Å². The van der Waals surface area contributed by atoms with E-state index in [0.717, 1.165) is 66.2 Å². The first kappa shape index (κ1) is 29.2. The van der Waals surface area contributed by atoms with Crippen LogP contribution in [0.3, 0.4) is 0 Å². The molecule has 0 aliphatic rings. The summed E-state index contributed by atoms with van der Waals surface area (Å²) in [5.41, 5.74) is 3.00. The quantitative estimate of drug-likeness (QED) is 0.0987. The smallest absolute Gasteiger partial charge is 0.147 e. The maximum atomic E-state index is 6.08. The molecule has 0 radical (unpaired) electrons. The normalized spacial score (nSPS) is 11.2. The molecule has 0 saturated heterocycles. The second-order valence-corrected chi connectivity index (χ2v) is 12.0. The van der Waals surface area contributed by atoms with Gasteiger partial charge in [0.2, 0.25) is 0 Å². The number of halogens is 4. The van der Waals surface area contributed by atoms with E-state index in [0.29, 0.717) is 13.2 Å². The van der Waals surface area contributed by atoms with E-state index in [9.17, 15) is 0 Å². The first-order valence-electron chi connectivity index (χ1n) is 11.8. The van der Waals surface area contributed by atoms with Gasteiger partial charge in [-0.2, -0.15) is 0 Å². The molecule has 0 atom stereocenters. The minimum Gasteiger partial charge on any atom is -0.491 e. The van der Waals surface area contributed by atoms with E-state index in [4.69, 9.17) is 9.47 Å². The van der Waals surface area contributed by atoms with Gasteiger partial charge in [-0.15, -0.1) is 13.2 Å². The average molecular weight is 742 g/mol. The van der Waals surface area contributed by atoms with Gasteiger partial charge in [0.05, 0.1) is 31.1 Å². The number of hydrogen-bond donors (Lipinski definition) is 0. The van der Waals surface area contributed by atoms with Gasteiger partial charge < -0.3 is 9.47 Å². The molecule has 0 aromatic heterocycles. The van der Waals surface area contributed by atoms with Gasteiger partial charge >= 0.3 is 0 Å². The van der Waals surface area contributed by atoms with Gasteiger partial charge in [0.15, 0.2) is 0 Å². The van der Waals surface area contributed by atoms with E-state index in [1.54, 1.807) is 0 Å². The van der Waals surface area contributed by atoms with Gasteiger partial charge in [-0.1, -0.05) is 42.5 Å². The molecule has 3 aromatic carbocycles. The topological polar surface area (TPSA) is 18.5 Å². The summed E-state index contributed by atoms with van der Waals surface area (Å²) in [6.45, 7) is 11.1. The Morgan fingerprint density at radius 2 is 1.06 bits per heavy atom. The molecule has 0 fully saturated rings. The van der Waals surface area contributed by atoms with E-state index in [1.165, 1.54) is 5.56 Å². The molecular weight excluding hydrogens is 712 g/mol. The lowest BCUT2D eigenvalue weighted by Crippen LogP contribution is -2.25. The Morgan fingerprint density at radius 1 is 0.667 bits per heavy atom. The van der Waals surface area contributed by atoms with Crippen LogP contribution in [-0.2, 0) is 5.41 Å². The molecule has 190 valence electrons. The fourth-order valence-corrected chi connectivity index (χ4v) is 6.88. The van der Waals surface area contributed by atoms with E-state index >= 15 is 0 Å². The van der Waals surface area contributed by atoms with E-state index < -0.39 is 5.41 Å². The van der Waals surface area contributed by atoms with Crippen molar-refractivity contribution in [3.8, 4) is 11.5 Å². The largest absolute Gasteiger partial charge is 0.491 e. The lowest BCUT2D eigenvalue weighted by molar-refractivity contribution is 0.308. The van der Waals surface area contributed by atoms with Gasteiger partial charge in [-0.3, -0.25) is 0 Å². The number of benzene rings is 3. The fourth-order valence-electron chi connectivity index (χ4n) is 4.05. The maximum absolute atomic E-state index is 6.08. The summed E-state index contributed by atoms with van der Waals surface area (Å²) in [5.74, 6) is 1.62. The van der Waals surface area contributed by atoms with Crippen LogP contribution < -0.4 is 9.47 Å². The first-order chi connectivity index (χ1) is 17.3. The van der Waals surface area contributed by atoms with Gasteiger partial charge in [0.25, 0.3) is 0 Å². The van der Waals surface area contributed by atoms with Crippen molar-refractivity contribution in [2.45, 2.75) is 38.0 Å². The highest BCUT2D eigenvalue weighted by Gasteiger charge is 2.33. The summed E-state index contributed by atoms with van der Waals surface area (Å²) in [5, 5.41) is 0. The van der Waals surface area contributed by atoms with E-state index in [2.05, 4.69) is 132 Å². The minimum atomic E-state index is -0.444. The number of rotatable bonds is 13. The lowest BCUT2D eigenvalue weighted by atomic mass is 9.71. The molecule has 0 amide bonds. The van der Waals surface area contributed by atoms with Gasteiger partial charge in [0.1, 0.15) is 11.5 Å². The van der Waals surface area contributed by atoms with Crippen molar-refractivity contribution in [1.82, 2.24) is 0 Å². The van der Waals surface area contributed by atoms with Crippen LogP contribution in [0.15, 0.2) is 97.8 Å². The molecule has 0 unspecified atom stereocenters. The van der Waals surface area contributed by atoms with Crippen LogP contribution in [0.4, 0.5) is 0 Å². The molecule has 0 saturated carbocycles. The Kier molecular flexibility index (Phi) is 11.4. The molecule has 6 heteroatoms. The summed E-state index contributed by atoms with van der Waals surface area (Å²) < 4.78 is 15.8. The van der Waals surface area contributed by atoms with Crippen LogP contribution in [-0.4, -0.2) is 13.2 Å². The highest BCUT2D eigenvalue weighted by atomic mass is 79.9. The molecule has 0 bridgehead atoms. The van der Waals surface area contributed by atoms with Crippen LogP contribution in [0.25, 0.3) is 0 Å². The molecular formula is C30H30Br4O2. The van der Waals surface area contributed by atoms with Gasteiger partial charge in [-0.25, -0.2) is 0 Å². The third-order valence-electron chi connectivity index (χ3n) is 6.10. The summed E-state index contributed by atoms with van der Waals surface area (Å²) in [6, 6.07) is 19.2. The van der Waals surface area contributed by atoms with Crippen molar-refractivity contribution in [3.05, 3.63) is 114 Å². The lowest BCUT2D eigenvalue weighted by Gasteiger charge is -2.33. The second kappa shape index (κ2) is 14.0.